The van der Waals surface area contributed by atoms with Crippen molar-refractivity contribution in [2.75, 3.05) is 13.2 Å². The molecule has 0 rings (SSSR count). The Kier molecular flexibility index (Phi) is 59.0. The van der Waals surface area contributed by atoms with Gasteiger partial charge in [0.05, 0.1) is 25.4 Å². The molecule has 70 heavy (non-hydrogen) atoms. The van der Waals surface area contributed by atoms with Crippen LogP contribution >= 0.6 is 0 Å². The molecule has 6 nitrogen and oxygen atoms in total. The molecule has 0 saturated heterocycles. The maximum Gasteiger partial charge on any atom is 0.305 e. The van der Waals surface area contributed by atoms with Gasteiger partial charge in [-0.3, -0.25) is 9.59 Å². The third-order valence-electron chi connectivity index (χ3n) is 15.1. The van der Waals surface area contributed by atoms with E-state index in [9.17, 15) is 19.8 Å². The average molecular weight is 989 g/mol. The van der Waals surface area contributed by atoms with E-state index in [1.807, 2.05) is 6.08 Å². The number of allylic oxidation sites excluding steroid dienone is 1. The van der Waals surface area contributed by atoms with Crippen LogP contribution in [0.3, 0.4) is 0 Å². The van der Waals surface area contributed by atoms with Gasteiger partial charge in [-0.05, 0) is 32.1 Å². The zero-order chi connectivity index (χ0) is 50.7. The van der Waals surface area contributed by atoms with E-state index in [-0.39, 0.29) is 18.5 Å². The van der Waals surface area contributed by atoms with Gasteiger partial charge in [-0.1, -0.05) is 328 Å². The molecule has 0 aromatic heterocycles. The lowest BCUT2D eigenvalue weighted by molar-refractivity contribution is -0.143. The Labute approximate surface area is 438 Å². The highest BCUT2D eigenvalue weighted by molar-refractivity contribution is 5.76. The van der Waals surface area contributed by atoms with Crippen LogP contribution in [0.4, 0.5) is 0 Å². The maximum atomic E-state index is 12.5. The Morgan fingerprint density at radius 2 is 0.657 bits per heavy atom. The highest BCUT2D eigenvalue weighted by atomic mass is 16.5. The molecule has 2 atom stereocenters. The number of esters is 1. The number of hydrogen-bond acceptors (Lipinski definition) is 5. The molecule has 2 unspecified atom stereocenters. The number of carbonyl (C=O) groups is 2. The molecule has 0 aromatic carbocycles. The van der Waals surface area contributed by atoms with Gasteiger partial charge < -0.3 is 20.3 Å². The number of nitrogens with one attached hydrogen (secondary N) is 1. The largest absolute Gasteiger partial charge is 0.466 e. The van der Waals surface area contributed by atoms with Crippen LogP contribution in [0.15, 0.2) is 12.2 Å². The summed E-state index contributed by atoms with van der Waals surface area (Å²) in [5, 5.41) is 23.2. The van der Waals surface area contributed by atoms with E-state index >= 15 is 0 Å². The SMILES string of the molecule is CCCCCCCCCCCCCCCCCCC/C=C/C(O)C(CO)NC(=O)CCCCCCCCCCCCCCCCCCCCCCCCOC(=O)CCCCCCCCCCCCCC. The quantitative estimate of drug-likeness (QED) is 0.0321. The second-order valence-electron chi connectivity index (χ2n) is 22.1. The number of carbonyl (C=O) groups excluding carboxylic acids is 2. The van der Waals surface area contributed by atoms with Gasteiger partial charge in [-0.25, -0.2) is 0 Å². The van der Waals surface area contributed by atoms with E-state index in [0.29, 0.717) is 19.4 Å². The van der Waals surface area contributed by atoms with Gasteiger partial charge >= 0.3 is 5.97 Å². The lowest BCUT2D eigenvalue weighted by atomic mass is 10.0. The summed E-state index contributed by atoms with van der Waals surface area (Å²) in [5.74, 6) is -0.0504. The number of aliphatic hydroxyl groups is 2. The van der Waals surface area contributed by atoms with Gasteiger partial charge in [0.15, 0.2) is 0 Å². The van der Waals surface area contributed by atoms with Crippen molar-refractivity contribution in [3.8, 4) is 0 Å². The first-order valence-corrected chi connectivity index (χ1v) is 32.0. The van der Waals surface area contributed by atoms with Crippen LogP contribution in [0.1, 0.15) is 361 Å². The van der Waals surface area contributed by atoms with Crippen LogP contribution in [0.5, 0.6) is 0 Å². The van der Waals surface area contributed by atoms with Crippen molar-refractivity contribution in [2.24, 2.45) is 0 Å². The van der Waals surface area contributed by atoms with Crippen molar-refractivity contribution in [2.45, 2.75) is 373 Å². The summed E-state index contributed by atoms with van der Waals surface area (Å²) < 4.78 is 5.48. The van der Waals surface area contributed by atoms with Gasteiger partial charge in [0, 0.05) is 12.8 Å². The normalized spacial score (nSPS) is 12.6. The van der Waals surface area contributed by atoms with Crippen molar-refractivity contribution in [1.29, 1.82) is 0 Å². The van der Waals surface area contributed by atoms with E-state index in [1.54, 1.807) is 6.08 Å². The number of rotatable bonds is 60. The molecule has 0 radical (unpaired) electrons. The highest BCUT2D eigenvalue weighted by Crippen LogP contribution is 2.18. The zero-order valence-electron chi connectivity index (χ0n) is 47.5. The monoisotopic (exact) mass is 988 g/mol. The Hall–Kier alpha value is -1.40. The molecule has 0 aliphatic rings. The fourth-order valence-electron chi connectivity index (χ4n) is 10.2. The average Bonchev–Trinajstić information content (AvgIpc) is 3.36. The molecule has 0 bridgehead atoms. The van der Waals surface area contributed by atoms with Crippen LogP contribution < -0.4 is 5.32 Å². The van der Waals surface area contributed by atoms with Gasteiger partial charge in [0.25, 0.3) is 0 Å². The van der Waals surface area contributed by atoms with E-state index in [0.717, 1.165) is 38.5 Å². The Morgan fingerprint density at radius 3 is 0.971 bits per heavy atom. The van der Waals surface area contributed by atoms with Gasteiger partial charge in [0.2, 0.25) is 5.91 Å². The summed E-state index contributed by atoms with van der Waals surface area (Å²) in [6.07, 6.45) is 72.6. The molecule has 0 fully saturated rings. The predicted molar refractivity (Wildman–Crippen MR) is 306 cm³/mol. The van der Waals surface area contributed by atoms with Crippen molar-refractivity contribution in [1.82, 2.24) is 5.32 Å². The Balaban J connectivity index is 3.40. The highest BCUT2D eigenvalue weighted by Gasteiger charge is 2.18. The third kappa shape index (κ3) is 55.9. The van der Waals surface area contributed by atoms with Crippen LogP contribution in [0.25, 0.3) is 0 Å². The minimum Gasteiger partial charge on any atom is -0.466 e. The van der Waals surface area contributed by atoms with Gasteiger partial charge in [-0.15, -0.1) is 0 Å². The van der Waals surface area contributed by atoms with Crippen molar-refractivity contribution in [3.63, 3.8) is 0 Å². The molecule has 0 saturated carbocycles. The van der Waals surface area contributed by atoms with Crippen molar-refractivity contribution in [3.05, 3.63) is 12.2 Å². The second kappa shape index (κ2) is 60.2. The summed E-state index contributed by atoms with van der Waals surface area (Å²) in [6, 6.07) is -0.628. The molecule has 3 N–H and O–H groups in total. The maximum absolute atomic E-state index is 12.5. The lowest BCUT2D eigenvalue weighted by Crippen LogP contribution is -2.45. The van der Waals surface area contributed by atoms with E-state index in [4.69, 9.17) is 4.74 Å². The van der Waals surface area contributed by atoms with Gasteiger partial charge in [-0.2, -0.15) is 0 Å². The summed E-state index contributed by atoms with van der Waals surface area (Å²) in [6.45, 7) is 4.93. The number of aliphatic hydroxyl groups excluding tert-OH is 2. The van der Waals surface area contributed by atoms with Crippen LogP contribution in [-0.2, 0) is 14.3 Å². The molecule has 0 heterocycles. The topological polar surface area (TPSA) is 95.9 Å². The summed E-state index contributed by atoms with van der Waals surface area (Å²) in [5.41, 5.74) is 0. The second-order valence-corrected chi connectivity index (χ2v) is 22.1. The van der Waals surface area contributed by atoms with E-state index < -0.39 is 12.1 Å². The summed E-state index contributed by atoms with van der Waals surface area (Å²) in [4.78, 5) is 24.5. The smallest absolute Gasteiger partial charge is 0.305 e. The molecular weight excluding hydrogens is 863 g/mol. The first-order chi connectivity index (χ1) is 34.5. The molecule has 0 spiro atoms. The first-order valence-electron chi connectivity index (χ1n) is 32.0. The molecular formula is C64H125NO5. The fourth-order valence-corrected chi connectivity index (χ4v) is 10.2. The Bertz CT molecular complexity index is 1050. The first kappa shape index (κ1) is 68.6. The Morgan fingerprint density at radius 1 is 0.386 bits per heavy atom. The minimum absolute atomic E-state index is 0.0141. The standard InChI is InChI=1S/C64H125NO5/c1-3-5-7-9-11-13-15-17-18-19-24-27-30-33-36-40-44-48-52-56-62(67)61(60-66)65-63(68)57-53-49-45-41-37-34-31-28-25-22-20-21-23-26-29-32-35-39-43-47-51-55-59-70-64(69)58-54-50-46-42-38-16-14-12-10-8-6-4-2/h52,56,61-62,66-67H,3-51,53-55,57-60H2,1-2H3,(H,65,68)/b56-52+. The number of unbranched alkanes of at least 4 members (excludes halogenated alkanes) is 49. The zero-order valence-corrected chi connectivity index (χ0v) is 47.5. The van der Waals surface area contributed by atoms with Crippen LogP contribution in [0.2, 0.25) is 0 Å². The molecule has 0 aromatic rings. The van der Waals surface area contributed by atoms with Crippen molar-refractivity contribution < 1.29 is 24.5 Å². The summed E-state index contributed by atoms with van der Waals surface area (Å²) >= 11 is 0. The van der Waals surface area contributed by atoms with E-state index in [2.05, 4.69) is 19.2 Å². The number of amides is 1. The van der Waals surface area contributed by atoms with E-state index in [1.165, 1.54) is 295 Å². The van der Waals surface area contributed by atoms with Crippen LogP contribution in [0, 0.1) is 0 Å². The van der Waals surface area contributed by atoms with Crippen molar-refractivity contribution >= 4 is 11.9 Å². The third-order valence-corrected chi connectivity index (χ3v) is 15.1. The molecule has 6 heteroatoms. The predicted octanol–water partition coefficient (Wildman–Crippen LogP) is 20.0. The lowest BCUT2D eigenvalue weighted by Gasteiger charge is -2.20. The minimum atomic E-state index is -0.844. The number of hydrogen-bond donors (Lipinski definition) is 3. The molecule has 0 aliphatic carbocycles. The molecule has 0 aliphatic heterocycles. The fraction of sp³-hybridized carbons (Fsp3) is 0.938. The van der Waals surface area contributed by atoms with Gasteiger partial charge in [0.1, 0.15) is 0 Å². The number of ether oxygens (including phenoxy) is 1. The molecule has 416 valence electrons. The van der Waals surface area contributed by atoms with Crippen LogP contribution in [-0.4, -0.2) is 47.4 Å². The molecule has 1 amide bonds. The summed E-state index contributed by atoms with van der Waals surface area (Å²) in [7, 11) is 0.